The predicted octanol–water partition coefficient (Wildman–Crippen LogP) is 6.51. The zero-order valence-corrected chi connectivity index (χ0v) is 19.7. The smallest absolute Gasteiger partial charge is 0.307 e. The molecule has 0 atom stereocenters. The number of anilines is 2. The molecule has 2 aliphatic rings. The third-order valence-electron chi connectivity index (χ3n) is 6.94. The fourth-order valence-corrected chi connectivity index (χ4v) is 5.44. The van der Waals surface area contributed by atoms with Crippen molar-refractivity contribution in [2.45, 2.75) is 31.7 Å². The molecule has 5 rings (SSSR count). The number of amides is 2. The topological polar surface area (TPSA) is 35.6 Å². The second-order valence-electron chi connectivity index (χ2n) is 9.38. The Morgan fingerprint density at radius 1 is 1.03 bits per heavy atom. The van der Waals surface area contributed by atoms with E-state index in [2.05, 4.69) is 23.2 Å². The summed E-state index contributed by atoms with van der Waals surface area (Å²) in [7, 11) is 0. The lowest BCUT2D eigenvalue weighted by Gasteiger charge is -2.40. The second-order valence-corrected chi connectivity index (χ2v) is 9.82. The zero-order valence-electron chi connectivity index (χ0n) is 19.0. The minimum Gasteiger partial charge on any atom is -0.307 e. The fourth-order valence-electron chi connectivity index (χ4n) is 5.25. The number of hydrogen-bond donors (Lipinski definition) is 1. The molecule has 7 heteroatoms. The van der Waals surface area contributed by atoms with Crippen molar-refractivity contribution < 1.29 is 13.6 Å². The SMILES string of the molecule is Cc1ccc2c(c1)C1(CCN(Cc3cc(F)cc(F)c3)CC1)CN2C(=O)Nc1cccc(Cl)c1. The van der Waals surface area contributed by atoms with Gasteiger partial charge in [-0.25, -0.2) is 13.6 Å². The normalized spacial score (nSPS) is 17.1. The summed E-state index contributed by atoms with van der Waals surface area (Å²) in [5.74, 6) is -1.10. The van der Waals surface area contributed by atoms with E-state index < -0.39 is 11.6 Å². The minimum atomic E-state index is -0.551. The van der Waals surface area contributed by atoms with Gasteiger partial charge >= 0.3 is 6.03 Å². The van der Waals surface area contributed by atoms with Crippen molar-refractivity contribution in [3.8, 4) is 0 Å². The first-order valence-electron chi connectivity index (χ1n) is 11.4. The number of benzene rings is 3. The van der Waals surface area contributed by atoms with Crippen LogP contribution in [0.5, 0.6) is 0 Å². The van der Waals surface area contributed by atoms with Crippen molar-refractivity contribution in [3.05, 3.63) is 94.0 Å². The molecule has 0 unspecified atom stereocenters. The van der Waals surface area contributed by atoms with Crippen LogP contribution in [0.25, 0.3) is 0 Å². The first kappa shape index (κ1) is 22.8. The highest BCUT2D eigenvalue weighted by Gasteiger charge is 2.46. The number of urea groups is 1. The van der Waals surface area contributed by atoms with Crippen LogP contribution in [-0.4, -0.2) is 30.6 Å². The van der Waals surface area contributed by atoms with Gasteiger partial charge in [-0.3, -0.25) is 9.80 Å². The summed E-state index contributed by atoms with van der Waals surface area (Å²) in [6.07, 6.45) is 1.73. The summed E-state index contributed by atoms with van der Waals surface area (Å²) in [4.78, 5) is 17.3. The molecule has 1 saturated heterocycles. The largest absolute Gasteiger partial charge is 0.326 e. The van der Waals surface area contributed by atoms with Crippen molar-refractivity contribution in [2.75, 3.05) is 29.9 Å². The second kappa shape index (κ2) is 9.01. The van der Waals surface area contributed by atoms with Crippen molar-refractivity contribution in [3.63, 3.8) is 0 Å². The summed E-state index contributed by atoms with van der Waals surface area (Å²) in [6.45, 7) is 4.74. The van der Waals surface area contributed by atoms with Gasteiger partial charge in [0.1, 0.15) is 11.6 Å². The van der Waals surface area contributed by atoms with Crippen molar-refractivity contribution in [1.29, 1.82) is 0 Å². The Balaban J connectivity index is 1.34. The molecule has 1 spiro atoms. The number of nitrogens with zero attached hydrogens (tertiary/aromatic N) is 2. The first-order chi connectivity index (χ1) is 16.3. The molecule has 34 heavy (non-hydrogen) atoms. The maximum Gasteiger partial charge on any atom is 0.326 e. The average molecular weight is 482 g/mol. The number of carbonyl (C=O) groups excluding carboxylic acids is 1. The summed E-state index contributed by atoms with van der Waals surface area (Å²) in [5, 5.41) is 3.54. The van der Waals surface area contributed by atoms with E-state index in [0.717, 1.165) is 43.2 Å². The fraction of sp³-hybridized carbons (Fsp3) is 0.296. The van der Waals surface area contributed by atoms with E-state index in [1.165, 1.54) is 17.7 Å². The van der Waals surface area contributed by atoms with E-state index in [1.54, 1.807) is 18.2 Å². The molecule has 3 aromatic carbocycles. The van der Waals surface area contributed by atoms with Crippen LogP contribution in [0.3, 0.4) is 0 Å². The number of fused-ring (bicyclic) bond motifs is 2. The van der Waals surface area contributed by atoms with Gasteiger partial charge in [0, 0.05) is 41.0 Å². The van der Waals surface area contributed by atoms with E-state index in [-0.39, 0.29) is 11.4 Å². The molecular weight excluding hydrogens is 456 g/mol. The van der Waals surface area contributed by atoms with Gasteiger partial charge in [-0.05, 0) is 80.4 Å². The van der Waals surface area contributed by atoms with Gasteiger partial charge in [0.2, 0.25) is 0 Å². The summed E-state index contributed by atoms with van der Waals surface area (Å²) < 4.78 is 27.2. The van der Waals surface area contributed by atoms with Crippen LogP contribution in [0.15, 0.2) is 60.7 Å². The van der Waals surface area contributed by atoms with Crippen LogP contribution in [0.1, 0.15) is 29.5 Å². The van der Waals surface area contributed by atoms with Crippen LogP contribution < -0.4 is 10.2 Å². The number of piperidine rings is 1. The Labute approximate surface area is 203 Å². The van der Waals surface area contributed by atoms with Crippen molar-refractivity contribution in [2.24, 2.45) is 0 Å². The Morgan fingerprint density at radius 2 is 1.76 bits per heavy atom. The molecule has 1 fully saturated rings. The van der Waals surface area contributed by atoms with Crippen LogP contribution in [0, 0.1) is 18.6 Å². The third-order valence-corrected chi connectivity index (χ3v) is 7.17. The quantitative estimate of drug-likeness (QED) is 0.462. The molecule has 1 N–H and O–H groups in total. The predicted molar refractivity (Wildman–Crippen MR) is 132 cm³/mol. The van der Waals surface area contributed by atoms with E-state index in [9.17, 15) is 13.6 Å². The van der Waals surface area contributed by atoms with Gasteiger partial charge in [-0.1, -0.05) is 35.4 Å². The van der Waals surface area contributed by atoms with Crippen LogP contribution >= 0.6 is 11.6 Å². The van der Waals surface area contributed by atoms with E-state index >= 15 is 0 Å². The molecule has 0 bridgehead atoms. The average Bonchev–Trinajstić information content (AvgIpc) is 3.08. The Bertz CT molecular complexity index is 1220. The van der Waals surface area contributed by atoms with Crippen LogP contribution in [-0.2, 0) is 12.0 Å². The van der Waals surface area contributed by atoms with Crippen molar-refractivity contribution >= 4 is 29.0 Å². The number of halogens is 3. The maximum atomic E-state index is 13.6. The highest BCUT2D eigenvalue weighted by atomic mass is 35.5. The van der Waals surface area contributed by atoms with Gasteiger partial charge in [-0.2, -0.15) is 0 Å². The molecule has 2 heterocycles. The van der Waals surface area contributed by atoms with E-state index in [1.807, 2.05) is 23.1 Å². The first-order valence-corrected chi connectivity index (χ1v) is 11.8. The Hall–Kier alpha value is -2.96. The van der Waals surface area contributed by atoms with Crippen LogP contribution in [0.4, 0.5) is 25.0 Å². The van der Waals surface area contributed by atoms with Gasteiger partial charge in [0.25, 0.3) is 0 Å². The molecule has 0 radical (unpaired) electrons. The van der Waals surface area contributed by atoms with Gasteiger partial charge < -0.3 is 5.32 Å². The number of carbonyl (C=O) groups is 1. The Morgan fingerprint density at radius 3 is 2.47 bits per heavy atom. The van der Waals surface area contributed by atoms with E-state index in [0.29, 0.717) is 29.4 Å². The number of likely N-dealkylation sites (tertiary alicyclic amines) is 1. The molecule has 0 saturated carbocycles. The van der Waals surface area contributed by atoms with Gasteiger partial charge in [0.15, 0.2) is 0 Å². The Kier molecular flexibility index (Phi) is 6.04. The summed E-state index contributed by atoms with van der Waals surface area (Å²) >= 11 is 6.08. The molecule has 0 aromatic heterocycles. The van der Waals surface area contributed by atoms with E-state index in [4.69, 9.17) is 11.6 Å². The minimum absolute atomic E-state index is 0.142. The van der Waals surface area contributed by atoms with Gasteiger partial charge in [-0.15, -0.1) is 0 Å². The van der Waals surface area contributed by atoms with Gasteiger partial charge in [0.05, 0.1) is 0 Å². The lowest BCUT2D eigenvalue weighted by Crippen LogP contribution is -2.46. The van der Waals surface area contributed by atoms with Crippen LogP contribution in [0.2, 0.25) is 5.02 Å². The maximum absolute atomic E-state index is 13.6. The number of nitrogens with one attached hydrogen (secondary N) is 1. The zero-order chi connectivity index (χ0) is 23.9. The number of rotatable bonds is 3. The summed E-state index contributed by atoms with van der Waals surface area (Å²) in [5.41, 5.74) is 4.45. The number of hydrogen-bond acceptors (Lipinski definition) is 2. The highest BCUT2D eigenvalue weighted by molar-refractivity contribution is 6.30. The molecular formula is C27H26ClF2N3O. The molecule has 2 amide bonds. The monoisotopic (exact) mass is 481 g/mol. The van der Waals surface area contributed by atoms with Crippen molar-refractivity contribution in [1.82, 2.24) is 4.90 Å². The number of aryl methyl sites for hydroxylation is 1. The molecule has 4 nitrogen and oxygen atoms in total. The lowest BCUT2D eigenvalue weighted by molar-refractivity contribution is 0.159. The highest BCUT2D eigenvalue weighted by Crippen LogP contribution is 2.47. The molecule has 0 aliphatic carbocycles. The molecule has 2 aliphatic heterocycles. The standard InChI is InChI=1S/C27H26ClF2N3O/c1-18-5-6-25-24(11-18)27(17-33(25)26(34)31-23-4-2-3-20(28)14-23)7-9-32(10-8-27)16-19-12-21(29)15-22(30)13-19/h2-6,11-15H,7-10,16-17H2,1H3,(H,31,34). The molecule has 3 aromatic rings. The lowest BCUT2D eigenvalue weighted by atomic mass is 9.74. The molecule has 176 valence electrons. The summed E-state index contributed by atoms with van der Waals surface area (Å²) in [6, 6.07) is 16.9. The third kappa shape index (κ3) is 4.52.